The van der Waals surface area contributed by atoms with E-state index < -0.39 is 0 Å². The first kappa shape index (κ1) is 16.0. The summed E-state index contributed by atoms with van der Waals surface area (Å²) in [6, 6.07) is 10.9. The van der Waals surface area contributed by atoms with Crippen molar-refractivity contribution in [3.05, 3.63) is 53.1 Å². The predicted molar refractivity (Wildman–Crippen MR) is 98.7 cm³/mol. The highest BCUT2D eigenvalue weighted by atomic mass is 16.5. The number of phenols is 2. The highest BCUT2D eigenvalue weighted by Crippen LogP contribution is 2.36. The lowest BCUT2D eigenvalue weighted by molar-refractivity contribution is 0.218. The second-order valence-corrected chi connectivity index (χ2v) is 6.86. The van der Waals surface area contributed by atoms with Crippen LogP contribution in [0.1, 0.15) is 36.0 Å². The number of benzene rings is 2. The molecule has 0 radical (unpaired) electrons. The molecule has 4 heteroatoms. The summed E-state index contributed by atoms with van der Waals surface area (Å²) in [5.41, 5.74) is 4.06. The predicted octanol–water partition coefficient (Wildman–Crippen LogP) is 4.02. The highest BCUT2D eigenvalue weighted by molar-refractivity contribution is 5.86. The van der Waals surface area contributed by atoms with Gasteiger partial charge in [-0.3, -0.25) is 4.90 Å². The molecule has 0 atom stereocenters. The summed E-state index contributed by atoms with van der Waals surface area (Å²) < 4.78 is 5.84. The molecule has 130 valence electrons. The number of nitrogens with zero attached hydrogens (tertiary/aromatic N) is 1. The van der Waals surface area contributed by atoms with Gasteiger partial charge in [0.05, 0.1) is 0 Å². The van der Waals surface area contributed by atoms with Crippen molar-refractivity contribution in [2.45, 2.75) is 25.8 Å². The largest absolute Gasteiger partial charge is 0.508 e. The second kappa shape index (κ2) is 6.81. The molecule has 1 saturated heterocycles. The third kappa shape index (κ3) is 3.49. The topological polar surface area (TPSA) is 52.9 Å². The lowest BCUT2D eigenvalue weighted by Crippen LogP contribution is -2.29. The first-order chi connectivity index (χ1) is 12.2. The molecule has 0 spiro atoms. The van der Waals surface area contributed by atoms with Crippen LogP contribution in [0.3, 0.4) is 0 Å². The summed E-state index contributed by atoms with van der Waals surface area (Å²) >= 11 is 0. The standard InChI is InChI=1S/C21H23NO3/c23-19-6-4-15(5-7-19)18-11-16-10-17(13-22-8-2-1-3-9-22)20(24)12-21(16)25-14-18/h4-7,10-12,23-24H,1-3,8-9,13-14H2. The highest BCUT2D eigenvalue weighted by Gasteiger charge is 2.18. The monoisotopic (exact) mass is 337 g/mol. The molecule has 0 bridgehead atoms. The molecule has 0 unspecified atom stereocenters. The lowest BCUT2D eigenvalue weighted by Gasteiger charge is -2.27. The molecule has 0 amide bonds. The number of ether oxygens (including phenoxy) is 1. The quantitative estimate of drug-likeness (QED) is 0.888. The first-order valence-electron chi connectivity index (χ1n) is 8.90. The van der Waals surface area contributed by atoms with Crippen molar-refractivity contribution < 1.29 is 14.9 Å². The normalized spacial score (nSPS) is 17.5. The van der Waals surface area contributed by atoms with Crippen molar-refractivity contribution in [1.29, 1.82) is 0 Å². The van der Waals surface area contributed by atoms with Crippen molar-refractivity contribution >= 4 is 11.6 Å². The summed E-state index contributed by atoms with van der Waals surface area (Å²) in [5.74, 6) is 1.29. The van der Waals surface area contributed by atoms with Crippen LogP contribution in [-0.2, 0) is 6.54 Å². The van der Waals surface area contributed by atoms with Crippen molar-refractivity contribution in [2.24, 2.45) is 0 Å². The molecule has 0 aromatic heterocycles. The van der Waals surface area contributed by atoms with Crippen molar-refractivity contribution in [3.63, 3.8) is 0 Å². The number of hydrogen-bond donors (Lipinski definition) is 2. The molecule has 2 aromatic carbocycles. The van der Waals surface area contributed by atoms with Gasteiger partial charge in [-0.25, -0.2) is 0 Å². The Kier molecular flexibility index (Phi) is 4.36. The Bertz CT molecular complexity index is 790. The van der Waals surface area contributed by atoms with E-state index in [-0.39, 0.29) is 5.75 Å². The van der Waals surface area contributed by atoms with Gasteiger partial charge < -0.3 is 14.9 Å². The Morgan fingerprint density at radius 3 is 2.48 bits per heavy atom. The van der Waals surface area contributed by atoms with Crippen LogP contribution in [0.25, 0.3) is 11.6 Å². The average Bonchev–Trinajstić information content (AvgIpc) is 2.64. The summed E-state index contributed by atoms with van der Waals surface area (Å²) in [7, 11) is 0. The zero-order valence-corrected chi connectivity index (χ0v) is 14.2. The van der Waals surface area contributed by atoms with Crippen molar-refractivity contribution in [2.75, 3.05) is 19.7 Å². The third-order valence-electron chi connectivity index (χ3n) is 5.00. The molecular weight excluding hydrogens is 314 g/mol. The molecule has 0 aliphatic carbocycles. The third-order valence-corrected chi connectivity index (χ3v) is 5.00. The van der Waals surface area contributed by atoms with Gasteiger partial charge in [-0.05, 0) is 61.3 Å². The fourth-order valence-electron chi connectivity index (χ4n) is 3.58. The number of phenolic OH excluding ortho intramolecular Hbond substituents is 2. The number of likely N-dealkylation sites (tertiary alicyclic amines) is 1. The Labute approximate surface area is 148 Å². The average molecular weight is 337 g/mol. The minimum Gasteiger partial charge on any atom is -0.508 e. The van der Waals surface area contributed by atoms with Gasteiger partial charge in [0.25, 0.3) is 0 Å². The number of aromatic hydroxyl groups is 2. The zero-order chi connectivity index (χ0) is 17.2. The molecule has 2 aliphatic rings. The van der Waals surface area contributed by atoms with E-state index in [0.29, 0.717) is 12.4 Å². The summed E-state index contributed by atoms with van der Waals surface area (Å²) in [4.78, 5) is 2.40. The van der Waals surface area contributed by atoms with Gasteiger partial charge in [0.1, 0.15) is 23.9 Å². The maximum absolute atomic E-state index is 10.4. The lowest BCUT2D eigenvalue weighted by atomic mass is 9.98. The van der Waals surface area contributed by atoms with Gasteiger partial charge >= 0.3 is 0 Å². The van der Waals surface area contributed by atoms with Crippen LogP contribution in [0.15, 0.2) is 36.4 Å². The minimum atomic E-state index is 0.259. The maximum Gasteiger partial charge on any atom is 0.130 e. The van der Waals surface area contributed by atoms with E-state index in [1.54, 1.807) is 18.2 Å². The van der Waals surface area contributed by atoms with Crippen LogP contribution in [0.4, 0.5) is 0 Å². The van der Waals surface area contributed by atoms with Crippen molar-refractivity contribution in [3.8, 4) is 17.2 Å². The van der Waals surface area contributed by atoms with E-state index in [1.165, 1.54) is 19.3 Å². The molecule has 4 nitrogen and oxygen atoms in total. The van der Waals surface area contributed by atoms with E-state index in [0.717, 1.165) is 47.6 Å². The number of fused-ring (bicyclic) bond motifs is 1. The second-order valence-electron chi connectivity index (χ2n) is 6.86. The molecule has 0 saturated carbocycles. The van der Waals surface area contributed by atoms with Crippen LogP contribution >= 0.6 is 0 Å². The number of piperidine rings is 1. The van der Waals surface area contributed by atoms with Gasteiger partial charge in [0, 0.05) is 23.7 Å². The van der Waals surface area contributed by atoms with Crippen LogP contribution in [-0.4, -0.2) is 34.8 Å². The Morgan fingerprint density at radius 2 is 1.72 bits per heavy atom. The zero-order valence-electron chi connectivity index (χ0n) is 14.2. The van der Waals surface area contributed by atoms with Crippen LogP contribution in [0, 0.1) is 0 Å². The van der Waals surface area contributed by atoms with Gasteiger partial charge in [0.15, 0.2) is 0 Å². The molecule has 2 heterocycles. The summed E-state index contributed by atoms with van der Waals surface area (Å²) in [6.45, 7) is 3.44. The summed E-state index contributed by atoms with van der Waals surface area (Å²) in [5, 5.41) is 19.8. The molecule has 2 aromatic rings. The van der Waals surface area contributed by atoms with Gasteiger partial charge in [-0.2, -0.15) is 0 Å². The van der Waals surface area contributed by atoms with Crippen molar-refractivity contribution in [1.82, 2.24) is 4.90 Å². The number of hydrogen-bond acceptors (Lipinski definition) is 4. The number of rotatable bonds is 3. The van der Waals surface area contributed by atoms with Crippen LogP contribution in [0.5, 0.6) is 17.2 Å². The minimum absolute atomic E-state index is 0.259. The Hall–Kier alpha value is -2.46. The fraction of sp³-hybridized carbons (Fsp3) is 0.333. The molecule has 2 aliphatic heterocycles. The smallest absolute Gasteiger partial charge is 0.130 e. The van der Waals surface area contributed by atoms with Gasteiger partial charge in [0.2, 0.25) is 0 Å². The SMILES string of the molecule is Oc1ccc(C2=Cc3cc(CN4CCCCC4)c(O)cc3OC2)cc1. The fourth-order valence-corrected chi connectivity index (χ4v) is 3.58. The Balaban J connectivity index is 1.62. The maximum atomic E-state index is 10.4. The van der Waals surface area contributed by atoms with Crippen LogP contribution in [0.2, 0.25) is 0 Å². The van der Waals surface area contributed by atoms with Gasteiger partial charge in [-0.15, -0.1) is 0 Å². The molecule has 4 rings (SSSR count). The van der Waals surface area contributed by atoms with E-state index in [1.807, 2.05) is 18.2 Å². The molecule has 25 heavy (non-hydrogen) atoms. The van der Waals surface area contributed by atoms with Crippen LogP contribution < -0.4 is 4.74 Å². The van der Waals surface area contributed by atoms with E-state index in [9.17, 15) is 10.2 Å². The molecular formula is C21H23NO3. The Morgan fingerprint density at radius 1 is 0.960 bits per heavy atom. The summed E-state index contributed by atoms with van der Waals surface area (Å²) in [6.07, 6.45) is 5.89. The molecule has 1 fully saturated rings. The van der Waals surface area contributed by atoms with E-state index >= 15 is 0 Å². The van der Waals surface area contributed by atoms with E-state index in [4.69, 9.17) is 4.74 Å². The van der Waals surface area contributed by atoms with Gasteiger partial charge in [-0.1, -0.05) is 18.6 Å². The first-order valence-corrected chi connectivity index (χ1v) is 8.90. The van der Waals surface area contributed by atoms with E-state index in [2.05, 4.69) is 11.0 Å². The molecule has 2 N–H and O–H groups in total.